The van der Waals surface area contributed by atoms with Gasteiger partial charge < -0.3 is 20.1 Å². The highest BCUT2D eigenvalue weighted by Crippen LogP contribution is 2.68. The van der Waals surface area contributed by atoms with Crippen LogP contribution in [0.2, 0.25) is 0 Å². The van der Waals surface area contributed by atoms with E-state index in [1.165, 1.54) is 44.9 Å². The fraction of sp³-hybridized carbons (Fsp3) is 0.963. The van der Waals surface area contributed by atoms with E-state index in [1.807, 2.05) is 0 Å². The highest BCUT2D eigenvalue weighted by Gasteiger charge is 2.60. The van der Waals surface area contributed by atoms with Gasteiger partial charge in [-0.2, -0.15) is 0 Å². The molecule has 4 aliphatic rings. The van der Waals surface area contributed by atoms with Crippen molar-refractivity contribution in [3.05, 3.63) is 0 Å². The Balaban J connectivity index is 1.36. The van der Waals surface area contributed by atoms with Gasteiger partial charge >= 0.3 is 0 Å². The first-order valence-corrected chi connectivity index (χ1v) is 15.5. The summed E-state index contributed by atoms with van der Waals surface area (Å²) >= 11 is 0. The maximum atomic E-state index is 12.4. The standard InChI is InChI=1S/C27H47NO6S/c1-17(4-9-25(31)28-19(15-29)16-35(32,33)34)22-7-8-23-21-6-5-18-14-20(30)10-12-26(18,2)24(21)11-13-27(22,23)3/h17-24,29-30H,4-16H2,1-3H3,(H,28,31)(H,32,33,34)/p-1/t17-,18-,19+,20-,21+,22-,23+,24+,26+,27-/m1/s1. The van der Waals surface area contributed by atoms with Crippen LogP contribution in [0.5, 0.6) is 0 Å². The lowest BCUT2D eigenvalue weighted by atomic mass is 9.44. The Morgan fingerprint density at radius 1 is 1.06 bits per heavy atom. The summed E-state index contributed by atoms with van der Waals surface area (Å²) < 4.78 is 32.9. The van der Waals surface area contributed by atoms with Gasteiger partial charge in [0.25, 0.3) is 0 Å². The van der Waals surface area contributed by atoms with E-state index in [0.717, 1.165) is 37.0 Å². The third kappa shape index (κ3) is 5.46. The van der Waals surface area contributed by atoms with Crippen LogP contribution >= 0.6 is 0 Å². The number of aliphatic hydroxyl groups excluding tert-OH is 2. The Morgan fingerprint density at radius 2 is 1.74 bits per heavy atom. The van der Waals surface area contributed by atoms with E-state index in [1.54, 1.807) is 0 Å². The first kappa shape index (κ1) is 27.3. The second kappa shape index (κ2) is 10.2. The van der Waals surface area contributed by atoms with Crippen LogP contribution in [0.4, 0.5) is 0 Å². The van der Waals surface area contributed by atoms with E-state index in [2.05, 4.69) is 26.1 Å². The topological polar surface area (TPSA) is 127 Å². The summed E-state index contributed by atoms with van der Waals surface area (Å²) in [6.07, 6.45) is 11.6. The van der Waals surface area contributed by atoms with Gasteiger partial charge in [-0.1, -0.05) is 20.8 Å². The first-order chi connectivity index (χ1) is 16.4. The average molecular weight is 513 g/mol. The van der Waals surface area contributed by atoms with Crippen molar-refractivity contribution in [2.75, 3.05) is 12.4 Å². The molecule has 0 bridgehead atoms. The maximum absolute atomic E-state index is 12.4. The fourth-order valence-corrected chi connectivity index (χ4v) is 10.1. The molecule has 0 radical (unpaired) electrons. The zero-order chi connectivity index (χ0) is 25.6. The number of carbonyl (C=O) groups is 1. The monoisotopic (exact) mass is 512 g/mol. The maximum Gasteiger partial charge on any atom is 0.220 e. The number of aliphatic hydroxyl groups is 2. The van der Waals surface area contributed by atoms with E-state index >= 15 is 0 Å². The molecule has 0 aromatic carbocycles. The molecule has 0 aliphatic heterocycles. The van der Waals surface area contributed by atoms with Gasteiger partial charge in [-0.05, 0) is 111 Å². The number of hydrogen-bond donors (Lipinski definition) is 3. The molecule has 4 saturated carbocycles. The van der Waals surface area contributed by atoms with Crippen LogP contribution in [-0.2, 0) is 14.9 Å². The number of nitrogens with one attached hydrogen (secondary N) is 1. The minimum absolute atomic E-state index is 0.107. The zero-order valence-corrected chi connectivity index (χ0v) is 22.6. The van der Waals surface area contributed by atoms with Crippen LogP contribution in [0.15, 0.2) is 0 Å². The minimum atomic E-state index is -4.51. The van der Waals surface area contributed by atoms with E-state index in [4.69, 9.17) is 0 Å². The van der Waals surface area contributed by atoms with E-state index < -0.39 is 28.5 Å². The molecule has 3 N–H and O–H groups in total. The van der Waals surface area contributed by atoms with Gasteiger partial charge in [-0.25, -0.2) is 8.42 Å². The summed E-state index contributed by atoms with van der Waals surface area (Å²) in [4.78, 5) is 12.4. The van der Waals surface area contributed by atoms with Crippen molar-refractivity contribution in [3.8, 4) is 0 Å². The van der Waals surface area contributed by atoms with Crippen molar-refractivity contribution < 1.29 is 28.0 Å². The highest BCUT2D eigenvalue weighted by atomic mass is 32.2. The van der Waals surface area contributed by atoms with Gasteiger partial charge in [0.05, 0.1) is 34.6 Å². The molecule has 4 rings (SSSR count). The zero-order valence-electron chi connectivity index (χ0n) is 21.7. The largest absolute Gasteiger partial charge is 0.748 e. The number of rotatable bonds is 8. The first-order valence-electron chi connectivity index (χ1n) is 13.9. The van der Waals surface area contributed by atoms with Crippen LogP contribution in [0, 0.1) is 46.3 Å². The quantitative estimate of drug-likeness (QED) is 0.428. The average Bonchev–Trinajstić information content (AvgIpc) is 3.14. The smallest absolute Gasteiger partial charge is 0.220 e. The molecule has 0 unspecified atom stereocenters. The normalized spacial score (nSPS) is 42.9. The molecule has 35 heavy (non-hydrogen) atoms. The molecule has 0 aromatic rings. The molecule has 1 amide bonds. The number of amides is 1. The molecule has 4 aliphatic carbocycles. The van der Waals surface area contributed by atoms with Gasteiger partial charge in [-0.3, -0.25) is 4.79 Å². The van der Waals surface area contributed by atoms with E-state index in [0.29, 0.717) is 28.6 Å². The van der Waals surface area contributed by atoms with Crippen molar-refractivity contribution in [2.45, 2.75) is 104 Å². The third-order valence-electron chi connectivity index (χ3n) is 11.2. The molecule has 0 spiro atoms. The summed E-state index contributed by atoms with van der Waals surface area (Å²) in [6.45, 7) is 6.72. The van der Waals surface area contributed by atoms with Crippen LogP contribution in [0.3, 0.4) is 0 Å². The van der Waals surface area contributed by atoms with Gasteiger partial charge in [-0.15, -0.1) is 0 Å². The van der Waals surface area contributed by atoms with Crippen molar-refractivity contribution >= 4 is 16.0 Å². The van der Waals surface area contributed by atoms with Gasteiger partial charge in [0.2, 0.25) is 5.91 Å². The van der Waals surface area contributed by atoms with Crippen molar-refractivity contribution in [3.63, 3.8) is 0 Å². The van der Waals surface area contributed by atoms with Gasteiger partial charge in [0, 0.05) is 6.42 Å². The molecule has 0 heterocycles. The van der Waals surface area contributed by atoms with Gasteiger partial charge in [0.1, 0.15) is 0 Å². The van der Waals surface area contributed by atoms with Crippen molar-refractivity contribution in [1.29, 1.82) is 0 Å². The number of carbonyl (C=O) groups excluding carboxylic acids is 1. The molecule has 10 atom stereocenters. The molecule has 4 fully saturated rings. The molecule has 8 heteroatoms. The van der Waals surface area contributed by atoms with Crippen LogP contribution in [-0.4, -0.2) is 53.6 Å². The predicted molar refractivity (Wildman–Crippen MR) is 133 cm³/mol. The third-order valence-corrected chi connectivity index (χ3v) is 12.0. The van der Waals surface area contributed by atoms with Crippen LogP contribution in [0.1, 0.15) is 91.4 Å². The fourth-order valence-electron chi connectivity index (χ4n) is 9.46. The Bertz CT molecular complexity index is 879. The lowest BCUT2D eigenvalue weighted by Gasteiger charge is -2.61. The van der Waals surface area contributed by atoms with Crippen LogP contribution < -0.4 is 5.32 Å². The summed E-state index contributed by atoms with van der Waals surface area (Å²) in [7, 11) is -4.51. The van der Waals surface area contributed by atoms with Crippen LogP contribution in [0.25, 0.3) is 0 Å². The van der Waals surface area contributed by atoms with Crippen molar-refractivity contribution in [1.82, 2.24) is 5.32 Å². The second-order valence-corrected chi connectivity index (χ2v) is 14.4. The van der Waals surface area contributed by atoms with Crippen molar-refractivity contribution in [2.24, 2.45) is 46.3 Å². The molecular formula is C27H46NO6S-. The summed E-state index contributed by atoms with van der Waals surface area (Å²) in [5.74, 6) is 2.86. The minimum Gasteiger partial charge on any atom is -0.748 e. The second-order valence-electron chi connectivity index (χ2n) is 13.0. The summed E-state index contributed by atoms with van der Waals surface area (Å²) in [6, 6.07) is -1.04. The number of fused-ring (bicyclic) bond motifs is 5. The van der Waals surface area contributed by atoms with E-state index in [9.17, 15) is 28.0 Å². The van der Waals surface area contributed by atoms with Gasteiger partial charge in [0.15, 0.2) is 0 Å². The Morgan fingerprint density at radius 3 is 2.43 bits per heavy atom. The lowest BCUT2D eigenvalue weighted by Crippen LogP contribution is -2.54. The molecular weight excluding hydrogens is 466 g/mol. The highest BCUT2D eigenvalue weighted by molar-refractivity contribution is 7.85. The predicted octanol–water partition coefficient (Wildman–Crippen LogP) is 3.44. The summed E-state index contributed by atoms with van der Waals surface area (Å²) in [5.41, 5.74) is 0.685. The molecule has 202 valence electrons. The van der Waals surface area contributed by atoms with E-state index in [-0.39, 0.29) is 18.4 Å². The lowest BCUT2D eigenvalue weighted by molar-refractivity contribution is -0.130. The molecule has 0 aromatic heterocycles. The molecule has 0 saturated heterocycles. The summed E-state index contributed by atoms with van der Waals surface area (Å²) in [5, 5.41) is 22.1. The SMILES string of the molecule is C[C@H](CCC(=O)N[C@@H](CO)CS(=O)(=O)[O-])[C@H]1CC[C@H]2[C@@H]3CC[C@@H]4C[C@H](O)CC[C@]4(C)[C@H]3CC[C@]12C. The Kier molecular flexibility index (Phi) is 7.98. The Labute approximate surface area is 211 Å². The number of hydrogen-bond acceptors (Lipinski definition) is 6. The Hall–Kier alpha value is -0.700. The molecule has 7 nitrogen and oxygen atoms in total.